The second kappa shape index (κ2) is 3.35. The average Bonchev–Trinajstić information content (AvgIpc) is 2.45. The number of hydrogen-bond acceptors (Lipinski definition) is 0. The first kappa shape index (κ1) is 10.2. The molecule has 74 valence electrons. The van der Waals surface area contributed by atoms with E-state index in [2.05, 4.69) is 65.9 Å². The van der Waals surface area contributed by atoms with Gasteiger partial charge in [-0.25, -0.2) is 0 Å². The summed E-state index contributed by atoms with van der Waals surface area (Å²) >= 11 is 3.55. The van der Waals surface area contributed by atoms with Gasteiger partial charge in [0.25, 0.3) is 0 Å². The van der Waals surface area contributed by atoms with Crippen LogP contribution in [-0.4, -0.2) is 8.07 Å². The predicted octanol–water partition coefficient (Wildman–Crippen LogP) is 4.44. The quantitative estimate of drug-likeness (QED) is 0.660. The monoisotopic (exact) mass is 266 g/mol. The Morgan fingerprint density at radius 3 is 2.57 bits per heavy atom. The first-order valence-corrected chi connectivity index (χ1v) is 9.33. The van der Waals surface area contributed by atoms with Gasteiger partial charge in [-0.05, 0) is 28.8 Å². The Morgan fingerprint density at radius 1 is 1.21 bits per heavy atom. The van der Waals surface area contributed by atoms with E-state index in [1.165, 1.54) is 15.6 Å². The zero-order chi connectivity index (χ0) is 10.3. The lowest BCUT2D eigenvalue weighted by Crippen LogP contribution is -2.28. The highest BCUT2D eigenvalue weighted by Crippen LogP contribution is 2.37. The third kappa shape index (κ3) is 1.73. The van der Waals surface area contributed by atoms with Crippen molar-refractivity contribution in [2.45, 2.75) is 25.2 Å². The third-order valence-electron chi connectivity index (χ3n) is 2.79. The van der Waals surface area contributed by atoms with Crippen LogP contribution in [0.5, 0.6) is 0 Å². The number of halogens is 1. The van der Waals surface area contributed by atoms with E-state index in [4.69, 9.17) is 0 Å². The van der Waals surface area contributed by atoms with Crippen LogP contribution in [0.2, 0.25) is 19.6 Å². The fraction of sp³-hybridized carbons (Fsp3) is 0.333. The summed E-state index contributed by atoms with van der Waals surface area (Å²) in [7, 11) is -1.11. The number of allylic oxidation sites excluding steroid dienone is 1. The van der Waals surface area contributed by atoms with Crippen LogP contribution in [0.25, 0.3) is 6.08 Å². The van der Waals surface area contributed by atoms with Crippen molar-refractivity contribution in [1.29, 1.82) is 0 Å². The van der Waals surface area contributed by atoms with Crippen molar-refractivity contribution in [3.8, 4) is 0 Å². The summed E-state index contributed by atoms with van der Waals surface area (Å²) in [5.74, 6) is 0. The first-order valence-electron chi connectivity index (χ1n) is 4.96. The lowest BCUT2D eigenvalue weighted by Gasteiger charge is -2.24. The molecule has 0 radical (unpaired) electrons. The minimum absolute atomic E-state index is 0.690. The van der Waals surface area contributed by atoms with Crippen molar-refractivity contribution in [3.05, 3.63) is 39.9 Å². The van der Waals surface area contributed by atoms with Crippen molar-refractivity contribution >= 4 is 30.1 Å². The smallest absolute Gasteiger partial charge is 0.0566 e. The van der Waals surface area contributed by atoms with Gasteiger partial charge in [-0.2, -0.15) is 0 Å². The van der Waals surface area contributed by atoms with Gasteiger partial charge >= 0.3 is 0 Å². The zero-order valence-corrected chi connectivity index (χ0v) is 11.4. The Kier molecular flexibility index (Phi) is 2.44. The van der Waals surface area contributed by atoms with Crippen LogP contribution in [0.15, 0.2) is 28.7 Å². The highest BCUT2D eigenvalue weighted by atomic mass is 79.9. The van der Waals surface area contributed by atoms with Crippen molar-refractivity contribution in [3.63, 3.8) is 0 Å². The molecule has 1 atom stereocenters. The third-order valence-corrected chi connectivity index (χ3v) is 5.65. The van der Waals surface area contributed by atoms with Crippen LogP contribution in [0.3, 0.4) is 0 Å². The maximum Gasteiger partial charge on any atom is 0.0566 e. The summed E-state index contributed by atoms with van der Waals surface area (Å²) < 4.78 is 1.20. The molecule has 1 aromatic carbocycles. The second-order valence-corrected chi connectivity index (χ2v) is 11.2. The summed E-state index contributed by atoms with van der Waals surface area (Å²) in [6, 6.07) is 6.60. The van der Waals surface area contributed by atoms with E-state index >= 15 is 0 Å². The molecule has 1 unspecified atom stereocenters. The topological polar surface area (TPSA) is 0 Å². The fourth-order valence-corrected chi connectivity index (χ4v) is 4.26. The lowest BCUT2D eigenvalue weighted by molar-refractivity contribution is 1.16. The summed E-state index contributed by atoms with van der Waals surface area (Å²) in [5, 5.41) is 0. The molecule has 0 N–H and O–H groups in total. The van der Waals surface area contributed by atoms with E-state index in [0.717, 1.165) is 0 Å². The van der Waals surface area contributed by atoms with Crippen LogP contribution in [-0.2, 0) is 0 Å². The molecule has 0 amide bonds. The molecule has 0 aromatic heterocycles. The molecule has 1 aliphatic carbocycles. The molecule has 0 fully saturated rings. The lowest BCUT2D eigenvalue weighted by atomic mass is 10.1. The van der Waals surface area contributed by atoms with E-state index in [0.29, 0.717) is 5.54 Å². The van der Waals surface area contributed by atoms with Gasteiger partial charge < -0.3 is 0 Å². The Labute approximate surface area is 95.2 Å². The minimum Gasteiger partial charge on any atom is -0.0791 e. The van der Waals surface area contributed by atoms with Crippen LogP contribution in [0, 0.1) is 0 Å². The van der Waals surface area contributed by atoms with E-state index < -0.39 is 8.07 Å². The highest BCUT2D eigenvalue weighted by molar-refractivity contribution is 9.10. The molecule has 0 heterocycles. The van der Waals surface area contributed by atoms with Gasteiger partial charge in [0.2, 0.25) is 0 Å². The number of fused-ring (bicyclic) bond motifs is 1. The normalized spacial score (nSPS) is 19.9. The molecular weight excluding hydrogens is 252 g/mol. The Hall–Kier alpha value is -0.343. The van der Waals surface area contributed by atoms with Crippen LogP contribution in [0.1, 0.15) is 16.7 Å². The van der Waals surface area contributed by atoms with Crippen molar-refractivity contribution in [1.82, 2.24) is 0 Å². The van der Waals surface area contributed by atoms with Crippen molar-refractivity contribution in [2.24, 2.45) is 0 Å². The maximum atomic E-state index is 3.55. The molecule has 14 heavy (non-hydrogen) atoms. The first-order chi connectivity index (χ1) is 6.48. The SMILES string of the molecule is C[Si](C)(C)C1C=Cc2ccc(Br)cc21. The molecule has 0 bridgehead atoms. The molecule has 0 saturated heterocycles. The standard InChI is InChI=1S/C12H15BrSi/c1-14(2,3)12-7-5-9-4-6-10(13)8-11(9)12/h4-8,12H,1-3H3. The summed E-state index contributed by atoms with van der Waals surface area (Å²) in [5.41, 5.74) is 3.61. The van der Waals surface area contributed by atoms with Crippen LogP contribution >= 0.6 is 15.9 Å². The van der Waals surface area contributed by atoms with E-state index in [9.17, 15) is 0 Å². The highest BCUT2D eigenvalue weighted by Gasteiger charge is 2.30. The van der Waals surface area contributed by atoms with Gasteiger partial charge in [0.15, 0.2) is 0 Å². The molecular formula is C12H15BrSi. The largest absolute Gasteiger partial charge is 0.0791 e. The number of rotatable bonds is 1. The van der Waals surface area contributed by atoms with Crippen LogP contribution < -0.4 is 0 Å². The fourth-order valence-electron chi connectivity index (χ4n) is 2.03. The van der Waals surface area contributed by atoms with Gasteiger partial charge in [0, 0.05) is 4.47 Å². The van der Waals surface area contributed by atoms with Crippen LogP contribution in [0.4, 0.5) is 0 Å². The van der Waals surface area contributed by atoms with Gasteiger partial charge in [-0.15, -0.1) is 0 Å². The Balaban J connectivity index is 2.48. The molecule has 1 aromatic rings. The van der Waals surface area contributed by atoms with Gasteiger partial charge in [-0.3, -0.25) is 0 Å². The van der Waals surface area contributed by atoms with E-state index in [-0.39, 0.29) is 0 Å². The molecule has 0 saturated carbocycles. The van der Waals surface area contributed by atoms with E-state index in [1.54, 1.807) is 0 Å². The zero-order valence-electron chi connectivity index (χ0n) is 8.84. The van der Waals surface area contributed by atoms with Crippen molar-refractivity contribution in [2.75, 3.05) is 0 Å². The Morgan fingerprint density at radius 2 is 1.93 bits per heavy atom. The average molecular weight is 267 g/mol. The summed E-state index contributed by atoms with van der Waals surface area (Å²) in [4.78, 5) is 0. The molecule has 0 nitrogen and oxygen atoms in total. The van der Waals surface area contributed by atoms with Crippen molar-refractivity contribution < 1.29 is 0 Å². The maximum absolute atomic E-state index is 3.55. The molecule has 0 aliphatic heterocycles. The number of benzene rings is 1. The molecule has 0 spiro atoms. The van der Waals surface area contributed by atoms with Gasteiger partial charge in [-0.1, -0.05) is 53.8 Å². The summed E-state index contributed by atoms with van der Waals surface area (Å²) in [6.07, 6.45) is 4.65. The van der Waals surface area contributed by atoms with E-state index in [1.807, 2.05) is 0 Å². The minimum atomic E-state index is -1.11. The molecule has 1 aliphatic rings. The van der Waals surface area contributed by atoms with Gasteiger partial charge in [0.05, 0.1) is 8.07 Å². The predicted molar refractivity (Wildman–Crippen MR) is 69.3 cm³/mol. The Bertz CT molecular complexity index is 388. The summed E-state index contributed by atoms with van der Waals surface area (Å²) in [6.45, 7) is 7.29. The number of hydrogen-bond donors (Lipinski definition) is 0. The molecule has 2 heteroatoms. The van der Waals surface area contributed by atoms with Gasteiger partial charge in [0.1, 0.15) is 0 Å². The molecule has 2 rings (SSSR count). The second-order valence-electron chi connectivity index (χ2n) is 4.98.